The number of nitrogens with one attached hydrogen (secondary N) is 2. The van der Waals surface area contributed by atoms with E-state index in [2.05, 4.69) is 10.6 Å². The highest BCUT2D eigenvalue weighted by Gasteiger charge is 2.24. The van der Waals surface area contributed by atoms with Gasteiger partial charge in [0.05, 0.1) is 13.2 Å². The quantitative estimate of drug-likeness (QED) is 0.600. The van der Waals surface area contributed by atoms with Crippen LogP contribution in [-0.2, 0) is 9.47 Å². The van der Waals surface area contributed by atoms with Gasteiger partial charge in [0.15, 0.2) is 0 Å². The lowest BCUT2D eigenvalue weighted by atomic mass is 10.3. The summed E-state index contributed by atoms with van der Waals surface area (Å²) in [5.41, 5.74) is 2.02. The minimum atomic E-state index is -0.288. The Balaban J connectivity index is 1.63. The Bertz CT molecular complexity index is 473. The van der Waals surface area contributed by atoms with E-state index in [1.54, 1.807) is 0 Å². The second kappa shape index (κ2) is 6.41. The van der Waals surface area contributed by atoms with E-state index in [1.807, 2.05) is 60.7 Å². The molecule has 4 nitrogen and oxygen atoms in total. The molecule has 104 valence electrons. The number of epoxide rings is 1. The molecule has 1 aliphatic rings. The third-order valence-electron chi connectivity index (χ3n) is 2.99. The Kier molecular flexibility index (Phi) is 4.16. The number of anilines is 2. The van der Waals surface area contributed by atoms with Gasteiger partial charge in [-0.05, 0) is 24.3 Å². The lowest BCUT2D eigenvalue weighted by Gasteiger charge is -2.22. The fraction of sp³-hybridized carbons (Fsp3) is 0.250. The van der Waals surface area contributed by atoms with Gasteiger partial charge in [0.1, 0.15) is 6.10 Å². The Morgan fingerprint density at radius 2 is 1.45 bits per heavy atom. The highest BCUT2D eigenvalue weighted by Crippen LogP contribution is 2.14. The number of hydrogen-bond donors (Lipinski definition) is 2. The molecule has 1 saturated heterocycles. The van der Waals surface area contributed by atoms with Gasteiger partial charge in [-0.2, -0.15) is 0 Å². The van der Waals surface area contributed by atoms with Crippen LogP contribution in [0, 0.1) is 0 Å². The number of para-hydroxylation sites is 2. The van der Waals surface area contributed by atoms with Crippen molar-refractivity contribution in [3.05, 3.63) is 60.7 Å². The molecule has 1 fully saturated rings. The SMILES string of the molecule is c1ccc(NC(Nc2ccccc2)OCC2CO2)cc1. The van der Waals surface area contributed by atoms with Crippen LogP contribution in [0.1, 0.15) is 0 Å². The molecule has 1 unspecified atom stereocenters. The van der Waals surface area contributed by atoms with Crippen LogP contribution in [0.15, 0.2) is 60.7 Å². The van der Waals surface area contributed by atoms with Crippen molar-refractivity contribution in [1.29, 1.82) is 0 Å². The first-order chi connectivity index (χ1) is 9.90. The summed E-state index contributed by atoms with van der Waals surface area (Å²) >= 11 is 0. The molecule has 0 radical (unpaired) electrons. The monoisotopic (exact) mass is 270 g/mol. The Hall–Kier alpha value is -2.04. The van der Waals surface area contributed by atoms with Crippen molar-refractivity contribution in [1.82, 2.24) is 0 Å². The topological polar surface area (TPSA) is 45.8 Å². The molecule has 0 bridgehead atoms. The van der Waals surface area contributed by atoms with Crippen molar-refractivity contribution in [2.45, 2.75) is 12.5 Å². The minimum absolute atomic E-state index is 0.243. The minimum Gasteiger partial charge on any atom is -0.371 e. The molecule has 2 aromatic carbocycles. The van der Waals surface area contributed by atoms with E-state index in [-0.39, 0.29) is 12.5 Å². The molecule has 1 atom stereocenters. The van der Waals surface area contributed by atoms with E-state index in [0.717, 1.165) is 18.0 Å². The first kappa shape index (κ1) is 13.0. The second-order valence-electron chi connectivity index (χ2n) is 4.69. The van der Waals surface area contributed by atoms with Gasteiger partial charge < -0.3 is 20.1 Å². The van der Waals surface area contributed by atoms with E-state index >= 15 is 0 Å². The van der Waals surface area contributed by atoms with Crippen molar-refractivity contribution < 1.29 is 9.47 Å². The fourth-order valence-corrected chi connectivity index (χ4v) is 1.86. The van der Waals surface area contributed by atoms with Crippen LogP contribution in [0.3, 0.4) is 0 Å². The van der Waals surface area contributed by atoms with Crippen LogP contribution >= 0.6 is 0 Å². The highest BCUT2D eigenvalue weighted by atomic mass is 16.6. The van der Waals surface area contributed by atoms with Crippen LogP contribution in [0.2, 0.25) is 0 Å². The van der Waals surface area contributed by atoms with E-state index in [4.69, 9.17) is 9.47 Å². The molecule has 20 heavy (non-hydrogen) atoms. The second-order valence-corrected chi connectivity index (χ2v) is 4.69. The molecule has 0 aliphatic carbocycles. The van der Waals surface area contributed by atoms with Crippen LogP contribution in [0.4, 0.5) is 11.4 Å². The zero-order valence-corrected chi connectivity index (χ0v) is 11.2. The molecule has 3 rings (SSSR count). The van der Waals surface area contributed by atoms with Gasteiger partial charge in [0, 0.05) is 11.4 Å². The third-order valence-corrected chi connectivity index (χ3v) is 2.99. The number of ether oxygens (including phenoxy) is 2. The summed E-state index contributed by atoms with van der Waals surface area (Å²) in [6.07, 6.45) is -0.0448. The molecule has 2 N–H and O–H groups in total. The van der Waals surface area contributed by atoms with Gasteiger partial charge in [0.25, 0.3) is 0 Å². The van der Waals surface area contributed by atoms with Crippen LogP contribution in [-0.4, -0.2) is 25.7 Å². The molecule has 0 saturated carbocycles. The normalized spacial score (nSPS) is 16.9. The first-order valence-electron chi connectivity index (χ1n) is 6.76. The van der Waals surface area contributed by atoms with Crippen molar-refractivity contribution in [2.24, 2.45) is 0 Å². The fourth-order valence-electron chi connectivity index (χ4n) is 1.86. The summed E-state index contributed by atoms with van der Waals surface area (Å²) in [6.45, 7) is 1.38. The third kappa shape index (κ3) is 3.98. The summed E-state index contributed by atoms with van der Waals surface area (Å²) in [5.74, 6) is 0. The number of benzene rings is 2. The Labute approximate surface area is 118 Å². The lowest BCUT2D eigenvalue weighted by molar-refractivity contribution is 0.0770. The molecule has 1 aliphatic heterocycles. The standard InChI is InChI=1S/C16H18N2O2/c1-3-7-13(8-4-1)17-16(20-12-15-11-19-15)18-14-9-5-2-6-10-14/h1-10,15-18H,11-12H2. The van der Waals surface area contributed by atoms with E-state index in [1.165, 1.54) is 0 Å². The molecule has 0 aromatic heterocycles. The Morgan fingerprint density at radius 3 is 1.90 bits per heavy atom. The van der Waals surface area contributed by atoms with Gasteiger partial charge >= 0.3 is 0 Å². The summed E-state index contributed by atoms with van der Waals surface area (Å²) in [4.78, 5) is 0. The predicted octanol–water partition coefficient (Wildman–Crippen LogP) is 2.91. The lowest BCUT2D eigenvalue weighted by Crippen LogP contribution is -2.33. The highest BCUT2D eigenvalue weighted by molar-refractivity contribution is 5.48. The van der Waals surface area contributed by atoms with Gasteiger partial charge in [0.2, 0.25) is 6.35 Å². The summed E-state index contributed by atoms with van der Waals surface area (Å²) in [7, 11) is 0. The molecule has 1 heterocycles. The Morgan fingerprint density at radius 1 is 0.950 bits per heavy atom. The van der Waals surface area contributed by atoms with Crippen molar-refractivity contribution in [3.8, 4) is 0 Å². The van der Waals surface area contributed by atoms with Crippen LogP contribution in [0.25, 0.3) is 0 Å². The van der Waals surface area contributed by atoms with Crippen molar-refractivity contribution >= 4 is 11.4 Å². The average Bonchev–Trinajstić information content (AvgIpc) is 3.31. The molecule has 2 aromatic rings. The molecule has 0 amide bonds. The van der Waals surface area contributed by atoms with E-state index < -0.39 is 0 Å². The zero-order chi connectivity index (χ0) is 13.6. The maximum absolute atomic E-state index is 5.83. The number of rotatable bonds is 7. The molecular weight excluding hydrogens is 252 g/mol. The van der Waals surface area contributed by atoms with Crippen molar-refractivity contribution in [3.63, 3.8) is 0 Å². The van der Waals surface area contributed by atoms with Crippen LogP contribution < -0.4 is 10.6 Å². The first-order valence-corrected chi connectivity index (χ1v) is 6.76. The van der Waals surface area contributed by atoms with Crippen LogP contribution in [0.5, 0.6) is 0 Å². The van der Waals surface area contributed by atoms with Gasteiger partial charge in [-0.3, -0.25) is 0 Å². The molecule has 0 spiro atoms. The van der Waals surface area contributed by atoms with Crippen molar-refractivity contribution in [2.75, 3.05) is 23.8 Å². The summed E-state index contributed by atoms with van der Waals surface area (Å²) < 4.78 is 11.0. The maximum Gasteiger partial charge on any atom is 0.205 e. The van der Waals surface area contributed by atoms with Gasteiger partial charge in [-0.25, -0.2) is 0 Å². The maximum atomic E-state index is 5.83. The smallest absolute Gasteiger partial charge is 0.205 e. The van der Waals surface area contributed by atoms with E-state index in [0.29, 0.717) is 6.61 Å². The van der Waals surface area contributed by atoms with Gasteiger partial charge in [-0.15, -0.1) is 0 Å². The van der Waals surface area contributed by atoms with E-state index in [9.17, 15) is 0 Å². The largest absolute Gasteiger partial charge is 0.371 e. The number of hydrogen-bond acceptors (Lipinski definition) is 4. The molecular formula is C16H18N2O2. The average molecular weight is 270 g/mol. The summed E-state index contributed by atoms with van der Waals surface area (Å²) in [6, 6.07) is 20.0. The zero-order valence-electron chi connectivity index (χ0n) is 11.2. The summed E-state index contributed by atoms with van der Waals surface area (Å²) in [5, 5.41) is 6.64. The molecule has 4 heteroatoms. The predicted molar refractivity (Wildman–Crippen MR) is 79.6 cm³/mol. The van der Waals surface area contributed by atoms with Gasteiger partial charge in [-0.1, -0.05) is 36.4 Å².